The smallest absolute Gasteiger partial charge is 0.328 e. The summed E-state index contributed by atoms with van der Waals surface area (Å²) in [6, 6.07) is 8.30. The quantitative estimate of drug-likeness (QED) is 0.340. The van der Waals surface area contributed by atoms with Gasteiger partial charge in [0.15, 0.2) is 0 Å². The second-order valence-corrected chi connectivity index (χ2v) is 4.57. The Morgan fingerprint density at radius 2 is 1.95 bits per heavy atom. The molecule has 0 radical (unpaired) electrons. The number of aliphatic carboxylic acids is 1. The maximum atomic E-state index is 11.3. The van der Waals surface area contributed by atoms with E-state index in [1.807, 2.05) is 30.3 Å². The molecule has 0 fully saturated rings. The van der Waals surface area contributed by atoms with Crippen molar-refractivity contribution in [1.82, 2.24) is 5.01 Å². The van der Waals surface area contributed by atoms with Crippen molar-refractivity contribution in [3.63, 3.8) is 0 Å². The second-order valence-electron chi connectivity index (χ2n) is 4.57. The van der Waals surface area contributed by atoms with Crippen molar-refractivity contribution in [2.24, 2.45) is 10.5 Å². The Kier molecular flexibility index (Phi) is 6.81. The van der Waals surface area contributed by atoms with Gasteiger partial charge < -0.3 is 14.7 Å². The number of carbonyl (C=O) groups is 2. The van der Waals surface area contributed by atoms with Gasteiger partial charge in [0.1, 0.15) is 6.04 Å². The first kappa shape index (κ1) is 17.4. The number of nitrogens with zero attached hydrogens (tertiary/aromatic N) is 3. The predicted molar refractivity (Wildman–Crippen MR) is 76.5 cm³/mol. The summed E-state index contributed by atoms with van der Waals surface area (Å²) >= 11 is 0. The molecule has 8 nitrogen and oxygen atoms in total. The lowest BCUT2D eigenvalue weighted by molar-refractivity contribution is -0.175. The summed E-state index contributed by atoms with van der Waals surface area (Å²) in [6.07, 6.45) is -0.627. The van der Waals surface area contributed by atoms with Gasteiger partial charge in [-0.3, -0.25) is 9.80 Å². The van der Waals surface area contributed by atoms with Crippen molar-refractivity contribution in [3.05, 3.63) is 35.9 Å². The minimum absolute atomic E-state index is 0.269. The van der Waals surface area contributed by atoms with E-state index >= 15 is 0 Å². The average Bonchev–Trinajstić information content (AvgIpc) is 2.44. The summed E-state index contributed by atoms with van der Waals surface area (Å²) in [4.78, 5) is 26.8. The van der Waals surface area contributed by atoms with Crippen molar-refractivity contribution in [1.29, 1.82) is 0 Å². The molecule has 0 heterocycles. The Labute approximate surface area is 128 Å². The van der Waals surface area contributed by atoms with Gasteiger partial charge in [0, 0.05) is 32.6 Å². The van der Waals surface area contributed by atoms with Crippen molar-refractivity contribution in [3.8, 4) is 0 Å². The fourth-order valence-corrected chi connectivity index (χ4v) is 1.68. The Morgan fingerprint density at radius 3 is 2.50 bits per heavy atom. The highest BCUT2D eigenvalue weighted by molar-refractivity contribution is 5.73. The van der Waals surface area contributed by atoms with Crippen LogP contribution in [0.5, 0.6) is 0 Å². The molecule has 1 rings (SSSR count). The van der Waals surface area contributed by atoms with Crippen molar-refractivity contribution in [2.75, 3.05) is 7.05 Å². The highest BCUT2D eigenvalue weighted by Gasteiger charge is 2.22. The van der Waals surface area contributed by atoms with E-state index in [2.05, 4.69) is 15.2 Å². The zero-order valence-corrected chi connectivity index (χ0v) is 12.7. The fraction of sp³-hybridized carbons (Fsp3) is 0.429. The predicted octanol–water partition coefficient (Wildman–Crippen LogP) is 1.82. The summed E-state index contributed by atoms with van der Waals surface area (Å²) in [7, 11) is 1.48. The van der Waals surface area contributed by atoms with Crippen LogP contribution < -0.4 is 0 Å². The lowest BCUT2D eigenvalue weighted by Gasteiger charge is -2.20. The first-order chi connectivity index (χ1) is 10.4. The molecule has 0 aliphatic heterocycles. The summed E-state index contributed by atoms with van der Waals surface area (Å²) in [5.41, 5.74) is 0.867. The number of carbonyl (C=O) groups excluding carboxylic acids is 1. The van der Waals surface area contributed by atoms with Gasteiger partial charge in [0.05, 0.1) is 0 Å². The summed E-state index contributed by atoms with van der Waals surface area (Å²) < 4.78 is 4.69. The molecule has 0 aliphatic carbocycles. The van der Waals surface area contributed by atoms with E-state index in [4.69, 9.17) is 4.84 Å². The van der Waals surface area contributed by atoms with Crippen molar-refractivity contribution >= 4 is 11.9 Å². The molecule has 1 aromatic rings. The minimum atomic E-state index is -1.03. The van der Waals surface area contributed by atoms with Crippen molar-refractivity contribution < 1.29 is 24.3 Å². The molecule has 0 amide bonds. The number of carboxylic acids is 1. The molecule has 8 heteroatoms. The van der Waals surface area contributed by atoms with Crippen LogP contribution in [-0.2, 0) is 25.6 Å². The minimum Gasteiger partial charge on any atom is -0.480 e. The third kappa shape index (κ3) is 6.21. The molecular formula is C14H19N3O5. The molecular weight excluding hydrogens is 290 g/mol. The zero-order chi connectivity index (χ0) is 16.5. The molecule has 0 aliphatic rings. The van der Waals surface area contributed by atoms with Gasteiger partial charge in [-0.05, 0) is 10.8 Å². The molecule has 0 bridgehead atoms. The largest absolute Gasteiger partial charge is 0.480 e. The van der Waals surface area contributed by atoms with E-state index in [9.17, 15) is 14.7 Å². The van der Waals surface area contributed by atoms with Crippen LogP contribution in [0.25, 0.3) is 0 Å². The molecule has 22 heavy (non-hydrogen) atoms. The van der Waals surface area contributed by atoms with E-state index < -0.39 is 24.3 Å². The highest BCUT2D eigenvalue weighted by Crippen LogP contribution is 2.09. The lowest BCUT2D eigenvalue weighted by Crippen LogP contribution is -2.36. The first-order valence-corrected chi connectivity index (χ1v) is 6.63. The standard InChI is InChI=1S/C14H19N3O5/c1-10(18)21-11(2)22-16-15-17(3)13(14(19)20)9-12-7-5-4-6-8-12/h4-8,11,13H,9H2,1-3H3,(H,19,20)/b16-15-/t11?,13-/m0/s1. The molecule has 0 aromatic heterocycles. The molecule has 120 valence electrons. The molecule has 2 atom stereocenters. The summed E-state index contributed by atoms with van der Waals surface area (Å²) in [5, 5.41) is 17.5. The molecule has 0 spiro atoms. The Balaban J connectivity index is 2.60. The van der Waals surface area contributed by atoms with E-state index in [0.717, 1.165) is 5.56 Å². The number of esters is 1. The molecule has 1 unspecified atom stereocenters. The number of hydrogen-bond donors (Lipinski definition) is 1. The van der Waals surface area contributed by atoms with Crippen LogP contribution in [0.15, 0.2) is 40.8 Å². The van der Waals surface area contributed by atoms with Gasteiger partial charge in [-0.15, -0.1) is 0 Å². The van der Waals surface area contributed by atoms with Crippen LogP contribution in [0.2, 0.25) is 0 Å². The Hall–Kier alpha value is -2.64. The number of likely N-dealkylation sites (N-methyl/N-ethyl adjacent to an activating group) is 1. The maximum absolute atomic E-state index is 11.3. The third-order valence-electron chi connectivity index (χ3n) is 2.71. The topological polar surface area (TPSA) is 101 Å². The highest BCUT2D eigenvalue weighted by atomic mass is 16.8. The number of carboxylic acid groups (broad SMARTS) is 1. The third-order valence-corrected chi connectivity index (χ3v) is 2.71. The lowest BCUT2D eigenvalue weighted by atomic mass is 10.1. The Morgan fingerprint density at radius 1 is 1.32 bits per heavy atom. The summed E-state index contributed by atoms with van der Waals surface area (Å²) in [5.74, 6) is -1.54. The van der Waals surface area contributed by atoms with E-state index in [0.29, 0.717) is 0 Å². The fourth-order valence-electron chi connectivity index (χ4n) is 1.68. The molecule has 1 aromatic carbocycles. The number of rotatable bonds is 8. The number of hydrogen-bond acceptors (Lipinski definition) is 6. The van der Waals surface area contributed by atoms with E-state index in [-0.39, 0.29) is 6.42 Å². The van der Waals surface area contributed by atoms with E-state index in [1.165, 1.54) is 25.9 Å². The summed E-state index contributed by atoms with van der Waals surface area (Å²) in [6.45, 7) is 2.71. The van der Waals surface area contributed by atoms with Gasteiger partial charge in [0.2, 0.25) is 0 Å². The van der Waals surface area contributed by atoms with Gasteiger partial charge in [-0.1, -0.05) is 30.3 Å². The average molecular weight is 309 g/mol. The normalized spacial score (nSPS) is 13.4. The zero-order valence-electron chi connectivity index (χ0n) is 12.7. The Bertz CT molecular complexity index is 520. The van der Waals surface area contributed by atoms with Crippen LogP contribution in [0.1, 0.15) is 19.4 Å². The molecule has 0 saturated carbocycles. The van der Waals surface area contributed by atoms with Gasteiger partial charge in [0.25, 0.3) is 6.29 Å². The monoisotopic (exact) mass is 309 g/mol. The van der Waals surface area contributed by atoms with Crippen molar-refractivity contribution in [2.45, 2.75) is 32.6 Å². The molecule has 1 N–H and O–H groups in total. The first-order valence-electron chi connectivity index (χ1n) is 6.63. The number of ether oxygens (including phenoxy) is 1. The number of benzene rings is 1. The second kappa shape index (κ2) is 8.60. The van der Waals surface area contributed by atoms with E-state index in [1.54, 1.807) is 0 Å². The van der Waals surface area contributed by atoms with Crippen LogP contribution in [0.4, 0.5) is 0 Å². The maximum Gasteiger partial charge on any atom is 0.328 e. The molecule has 0 saturated heterocycles. The SMILES string of the molecule is CC(=O)OC(C)O/N=N\N(C)[C@@H](Cc1ccccc1)C(=O)O. The van der Waals surface area contributed by atoms with Crippen LogP contribution in [-0.4, -0.2) is 41.4 Å². The van der Waals surface area contributed by atoms with Crippen LogP contribution in [0.3, 0.4) is 0 Å². The van der Waals surface area contributed by atoms with Gasteiger partial charge >= 0.3 is 11.9 Å². The van der Waals surface area contributed by atoms with Crippen LogP contribution >= 0.6 is 0 Å². The van der Waals surface area contributed by atoms with Crippen LogP contribution in [0, 0.1) is 0 Å². The van der Waals surface area contributed by atoms with Gasteiger partial charge in [-0.2, -0.15) is 0 Å². The van der Waals surface area contributed by atoms with Gasteiger partial charge in [-0.25, -0.2) is 4.79 Å².